The molecule has 1 aliphatic rings. The molecule has 1 aliphatic heterocycles. The van der Waals surface area contributed by atoms with E-state index in [9.17, 15) is 0 Å². The van der Waals surface area contributed by atoms with E-state index >= 15 is 0 Å². The summed E-state index contributed by atoms with van der Waals surface area (Å²) in [5.74, 6) is 2.27. The predicted octanol–water partition coefficient (Wildman–Crippen LogP) is 1.47. The summed E-state index contributed by atoms with van der Waals surface area (Å²) in [5.41, 5.74) is 2.15. The Morgan fingerprint density at radius 1 is 1.14 bits per heavy atom. The van der Waals surface area contributed by atoms with Crippen LogP contribution in [0.4, 0.5) is 0 Å². The molecule has 0 amide bonds. The molecule has 0 aliphatic carbocycles. The van der Waals surface area contributed by atoms with Crippen molar-refractivity contribution >= 4 is 0 Å². The average Bonchev–Trinajstić information content (AvgIpc) is 3.01. The van der Waals surface area contributed by atoms with E-state index in [1.807, 2.05) is 20.8 Å². The third-order valence-electron chi connectivity index (χ3n) is 4.12. The Morgan fingerprint density at radius 3 is 2.57 bits per heavy atom. The summed E-state index contributed by atoms with van der Waals surface area (Å²) in [6, 6.07) is 0.139. The molecule has 2 aromatic heterocycles. The van der Waals surface area contributed by atoms with E-state index in [-0.39, 0.29) is 6.04 Å². The highest BCUT2D eigenvalue weighted by atomic mass is 16.5. The van der Waals surface area contributed by atoms with Crippen molar-refractivity contribution in [3.63, 3.8) is 0 Å². The van der Waals surface area contributed by atoms with Crippen molar-refractivity contribution in [1.29, 1.82) is 0 Å². The average molecular weight is 291 g/mol. The molecule has 0 spiro atoms. The van der Waals surface area contributed by atoms with Gasteiger partial charge in [-0.25, -0.2) is 0 Å². The smallest absolute Gasteiger partial charge is 0.245 e. The van der Waals surface area contributed by atoms with E-state index in [0.29, 0.717) is 11.7 Å². The number of piperazine rings is 1. The van der Waals surface area contributed by atoms with E-state index < -0.39 is 0 Å². The maximum absolute atomic E-state index is 5.34. The summed E-state index contributed by atoms with van der Waals surface area (Å²) in [6.45, 7) is 9.48. The molecule has 2 aromatic rings. The molecule has 3 rings (SSSR count). The Morgan fingerprint density at radius 2 is 1.95 bits per heavy atom. The zero-order chi connectivity index (χ0) is 15.0. The van der Waals surface area contributed by atoms with Crippen LogP contribution in [0.5, 0.6) is 0 Å². The van der Waals surface area contributed by atoms with Gasteiger partial charge in [-0.05, 0) is 27.8 Å². The number of nitrogens with zero attached hydrogens (tertiary/aromatic N) is 5. The first kappa shape index (κ1) is 14.2. The molecule has 0 saturated carbocycles. The van der Waals surface area contributed by atoms with Crippen LogP contribution in [-0.2, 0) is 6.54 Å². The molecule has 114 valence electrons. The lowest BCUT2D eigenvalue weighted by Gasteiger charge is -2.37. The molecule has 21 heavy (non-hydrogen) atoms. The van der Waals surface area contributed by atoms with E-state index in [4.69, 9.17) is 9.05 Å². The number of aromatic nitrogens is 3. The zero-order valence-electron chi connectivity index (χ0n) is 13.0. The minimum absolute atomic E-state index is 0.139. The van der Waals surface area contributed by atoms with Gasteiger partial charge >= 0.3 is 0 Å². The Hall–Kier alpha value is -1.73. The van der Waals surface area contributed by atoms with Gasteiger partial charge in [0.2, 0.25) is 5.89 Å². The molecule has 3 heterocycles. The molecular formula is C14H21N5O2. The Bertz CT molecular complexity index is 601. The minimum atomic E-state index is 0.139. The summed E-state index contributed by atoms with van der Waals surface area (Å²) in [4.78, 5) is 9.02. The molecule has 1 fully saturated rings. The van der Waals surface area contributed by atoms with Gasteiger partial charge in [-0.3, -0.25) is 9.80 Å². The van der Waals surface area contributed by atoms with Crippen LogP contribution in [0, 0.1) is 20.8 Å². The SMILES string of the molecule is Cc1noc([C@@H]2CN(Cc3c(C)noc3C)CCN2C)n1. The molecule has 1 saturated heterocycles. The van der Waals surface area contributed by atoms with E-state index in [1.165, 1.54) is 5.56 Å². The van der Waals surface area contributed by atoms with Crippen molar-refractivity contribution in [3.8, 4) is 0 Å². The van der Waals surface area contributed by atoms with Crippen molar-refractivity contribution in [2.75, 3.05) is 26.7 Å². The van der Waals surface area contributed by atoms with E-state index in [0.717, 1.165) is 37.6 Å². The van der Waals surface area contributed by atoms with Crippen LogP contribution in [0.25, 0.3) is 0 Å². The van der Waals surface area contributed by atoms with Crippen LogP contribution >= 0.6 is 0 Å². The third kappa shape index (κ3) is 2.84. The van der Waals surface area contributed by atoms with Gasteiger partial charge in [0.25, 0.3) is 0 Å². The van der Waals surface area contributed by atoms with Gasteiger partial charge in [0, 0.05) is 31.7 Å². The highest BCUT2D eigenvalue weighted by Gasteiger charge is 2.30. The number of hydrogen-bond donors (Lipinski definition) is 0. The molecule has 0 radical (unpaired) electrons. The van der Waals surface area contributed by atoms with Crippen molar-refractivity contribution < 1.29 is 9.05 Å². The number of likely N-dealkylation sites (N-methyl/N-ethyl adjacent to an activating group) is 1. The first-order chi connectivity index (χ1) is 10.0. The third-order valence-corrected chi connectivity index (χ3v) is 4.12. The first-order valence-corrected chi connectivity index (χ1v) is 7.19. The second kappa shape index (κ2) is 5.57. The maximum atomic E-state index is 5.34. The second-order valence-corrected chi connectivity index (χ2v) is 5.71. The molecule has 7 heteroatoms. The molecule has 7 nitrogen and oxygen atoms in total. The lowest BCUT2D eigenvalue weighted by molar-refractivity contribution is 0.0711. The summed E-state index contributed by atoms with van der Waals surface area (Å²) in [7, 11) is 2.09. The van der Waals surface area contributed by atoms with Gasteiger partial charge in [0.15, 0.2) is 5.82 Å². The normalized spacial score (nSPS) is 21.0. The quantitative estimate of drug-likeness (QED) is 0.848. The van der Waals surface area contributed by atoms with Gasteiger partial charge in [-0.15, -0.1) is 0 Å². The maximum Gasteiger partial charge on any atom is 0.245 e. The predicted molar refractivity (Wildman–Crippen MR) is 75.7 cm³/mol. The van der Waals surface area contributed by atoms with Crippen LogP contribution < -0.4 is 0 Å². The van der Waals surface area contributed by atoms with Gasteiger partial charge in [0.05, 0.1) is 5.69 Å². The Balaban J connectivity index is 1.74. The summed E-state index contributed by atoms with van der Waals surface area (Å²) in [6.07, 6.45) is 0. The molecule has 0 N–H and O–H groups in total. The Labute approximate surface area is 123 Å². The fourth-order valence-electron chi connectivity index (χ4n) is 2.74. The fraction of sp³-hybridized carbons (Fsp3) is 0.643. The molecular weight excluding hydrogens is 270 g/mol. The van der Waals surface area contributed by atoms with E-state index in [2.05, 4.69) is 32.1 Å². The number of aryl methyl sites for hydroxylation is 3. The van der Waals surface area contributed by atoms with Crippen molar-refractivity contribution in [1.82, 2.24) is 25.1 Å². The highest BCUT2D eigenvalue weighted by molar-refractivity contribution is 5.20. The van der Waals surface area contributed by atoms with Gasteiger partial charge < -0.3 is 9.05 Å². The van der Waals surface area contributed by atoms with Gasteiger partial charge in [0.1, 0.15) is 11.8 Å². The van der Waals surface area contributed by atoms with Crippen molar-refractivity contribution in [3.05, 3.63) is 28.7 Å². The number of rotatable bonds is 3. The van der Waals surface area contributed by atoms with Crippen molar-refractivity contribution in [2.45, 2.75) is 33.4 Å². The Kier molecular flexibility index (Phi) is 3.77. The molecule has 1 atom stereocenters. The largest absolute Gasteiger partial charge is 0.361 e. The summed E-state index contributed by atoms with van der Waals surface area (Å²) < 4.78 is 10.6. The lowest BCUT2D eigenvalue weighted by atomic mass is 10.1. The topological polar surface area (TPSA) is 71.4 Å². The fourth-order valence-corrected chi connectivity index (χ4v) is 2.74. The van der Waals surface area contributed by atoms with Crippen LogP contribution in [0.3, 0.4) is 0 Å². The van der Waals surface area contributed by atoms with Crippen molar-refractivity contribution in [2.24, 2.45) is 0 Å². The monoisotopic (exact) mass is 291 g/mol. The van der Waals surface area contributed by atoms with Crippen LogP contribution in [0.15, 0.2) is 9.05 Å². The highest BCUT2D eigenvalue weighted by Crippen LogP contribution is 2.25. The number of hydrogen-bond acceptors (Lipinski definition) is 7. The first-order valence-electron chi connectivity index (χ1n) is 7.19. The molecule has 0 bridgehead atoms. The molecule has 0 aromatic carbocycles. The van der Waals surface area contributed by atoms with Gasteiger partial charge in [-0.2, -0.15) is 4.98 Å². The minimum Gasteiger partial charge on any atom is -0.361 e. The van der Waals surface area contributed by atoms with Crippen LogP contribution in [0.1, 0.15) is 34.8 Å². The summed E-state index contributed by atoms with van der Waals surface area (Å²) >= 11 is 0. The zero-order valence-corrected chi connectivity index (χ0v) is 13.0. The summed E-state index contributed by atoms with van der Waals surface area (Å²) in [5, 5.41) is 7.92. The van der Waals surface area contributed by atoms with Crippen LogP contribution in [-0.4, -0.2) is 51.8 Å². The standard InChI is InChI=1S/C14H21N5O2/c1-9-12(10(2)20-16-9)7-19-6-5-18(4)13(8-19)14-15-11(3)17-21-14/h13H,5-8H2,1-4H3/t13-/m0/s1. The van der Waals surface area contributed by atoms with Crippen LogP contribution in [0.2, 0.25) is 0 Å². The van der Waals surface area contributed by atoms with E-state index in [1.54, 1.807) is 0 Å². The van der Waals surface area contributed by atoms with Gasteiger partial charge in [-0.1, -0.05) is 10.3 Å². The second-order valence-electron chi connectivity index (χ2n) is 5.71. The molecule has 0 unspecified atom stereocenters. The lowest BCUT2D eigenvalue weighted by Crippen LogP contribution is -2.46.